The topological polar surface area (TPSA) is 81.5 Å². The number of methoxy groups -OCH3 is 1. The average Bonchev–Trinajstić information content (AvgIpc) is 2.45. The van der Waals surface area contributed by atoms with Crippen molar-refractivity contribution >= 4 is 23.1 Å². The quantitative estimate of drug-likeness (QED) is 0.519. The molecule has 108 valence electrons. The van der Waals surface area contributed by atoms with E-state index in [-0.39, 0.29) is 16.6 Å². The van der Waals surface area contributed by atoms with Gasteiger partial charge in [-0.3, -0.25) is 0 Å². The molecule has 0 aliphatic carbocycles. The van der Waals surface area contributed by atoms with Crippen molar-refractivity contribution in [2.45, 2.75) is 0 Å². The van der Waals surface area contributed by atoms with Crippen LogP contribution in [0.4, 0.5) is 0 Å². The molecular weight excluding hydrogens is 296 g/mol. The fourth-order valence-electron chi connectivity index (χ4n) is 1.61. The van der Waals surface area contributed by atoms with E-state index < -0.39 is 5.97 Å². The molecule has 21 heavy (non-hydrogen) atoms. The molecular formula is C14H11ClN2O4. The fraction of sp³-hybridized carbons (Fsp3) is 0.0714. The zero-order valence-corrected chi connectivity index (χ0v) is 11.7. The standard InChI is InChI=1S/C14H11ClN2O4/c1-20-7-10(14(18)19)9-4-2-3-5-11(9)21-13-6-12(15)16-8-17-13/h2-8H,1H3,(H,18,19)/b10-7+. The lowest BCUT2D eigenvalue weighted by Gasteiger charge is -2.10. The van der Waals surface area contributed by atoms with Gasteiger partial charge in [-0.2, -0.15) is 0 Å². The second-order valence-corrected chi connectivity index (χ2v) is 4.24. The molecule has 0 unspecified atom stereocenters. The minimum atomic E-state index is -1.13. The van der Waals surface area contributed by atoms with Gasteiger partial charge in [0.25, 0.3) is 0 Å². The predicted molar refractivity (Wildman–Crippen MR) is 76.2 cm³/mol. The molecule has 0 bridgehead atoms. The van der Waals surface area contributed by atoms with Crippen LogP contribution in [0.5, 0.6) is 11.6 Å². The van der Waals surface area contributed by atoms with Gasteiger partial charge in [-0.05, 0) is 6.07 Å². The highest BCUT2D eigenvalue weighted by atomic mass is 35.5. The second-order valence-electron chi connectivity index (χ2n) is 3.85. The molecule has 0 aliphatic heterocycles. The third kappa shape index (κ3) is 3.70. The Hall–Kier alpha value is -2.60. The van der Waals surface area contributed by atoms with E-state index in [4.69, 9.17) is 21.1 Å². The minimum absolute atomic E-state index is 0.0340. The van der Waals surface area contributed by atoms with Crippen molar-refractivity contribution < 1.29 is 19.4 Å². The van der Waals surface area contributed by atoms with Crippen LogP contribution in [-0.2, 0) is 9.53 Å². The Bertz CT molecular complexity index is 688. The molecule has 2 aromatic rings. The number of carboxylic acids is 1. The molecule has 0 atom stereocenters. The van der Waals surface area contributed by atoms with Gasteiger partial charge in [-0.1, -0.05) is 29.8 Å². The van der Waals surface area contributed by atoms with E-state index in [1.807, 2.05) is 0 Å². The molecule has 0 saturated carbocycles. The van der Waals surface area contributed by atoms with Gasteiger partial charge in [-0.15, -0.1) is 0 Å². The van der Waals surface area contributed by atoms with Crippen LogP contribution >= 0.6 is 11.6 Å². The first-order valence-corrected chi connectivity index (χ1v) is 6.20. The first-order chi connectivity index (χ1) is 10.1. The third-order valence-electron chi connectivity index (χ3n) is 2.47. The van der Waals surface area contributed by atoms with E-state index in [1.165, 1.54) is 19.5 Å². The Kier molecular flexibility index (Phi) is 4.73. The van der Waals surface area contributed by atoms with E-state index in [2.05, 4.69) is 9.97 Å². The van der Waals surface area contributed by atoms with E-state index in [0.717, 1.165) is 6.26 Å². The lowest BCUT2D eigenvalue weighted by Crippen LogP contribution is -2.02. The van der Waals surface area contributed by atoms with Crippen molar-refractivity contribution in [2.24, 2.45) is 0 Å². The number of aromatic nitrogens is 2. The van der Waals surface area contributed by atoms with Gasteiger partial charge in [-0.25, -0.2) is 14.8 Å². The molecule has 1 heterocycles. The number of ether oxygens (including phenoxy) is 2. The Balaban J connectivity index is 2.41. The van der Waals surface area contributed by atoms with E-state index in [1.54, 1.807) is 24.3 Å². The van der Waals surface area contributed by atoms with Gasteiger partial charge < -0.3 is 14.6 Å². The summed E-state index contributed by atoms with van der Waals surface area (Å²) >= 11 is 5.76. The Morgan fingerprint density at radius 2 is 2.10 bits per heavy atom. The summed E-state index contributed by atoms with van der Waals surface area (Å²) in [5.41, 5.74) is 0.329. The number of aliphatic carboxylic acids is 1. The van der Waals surface area contributed by atoms with Crippen LogP contribution in [0.15, 0.2) is 42.9 Å². The molecule has 0 fully saturated rings. The van der Waals surface area contributed by atoms with Gasteiger partial charge in [0.1, 0.15) is 22.8 Å². The number of nitrogens with zero attached hydrogens (tertiary/aromatic N) is 2. The average molecular weight is 307 g/mol. The number of para-hydroxylation sites is 1. The van der Waals surface area contributed by atoms with Crippen LogP contribution in [0.2, 0.25) is 5.15 Å². The van der Waals surface area contributed by atoms with Crippen molar-refractivity contribution in [1.29, 1.82) is 0 Å². The van der Waals surface area contributed by atoms with Crippen LogP contribution < -0.4 is 4.74 Å². The van der Waals surface area contributed by atoms with Gasteiger partial charge in [0.15, 0.2) is 0 Å². The summed E-state index contributed by atoms with van der Waals surface area (Å²) in [4.78, 5) is 19.0. The molecule has 0 aliphatic rings. The number of rotatable bonds is 5. The van der Waals surface area contributed by atoms with Crippen LogP contribution in [0, 0.1) is 0 Å². The summed E-state index contributed by atoms with van der Waals surface area (Å²) in [6.45, 7) is 0. The molecule has 1 aromatic carbocycles. The first kappa shape index (κ1) is 14.8. The Morgan fingerprint density at radius 1 is 1.33 bits per heavy atom. The normalized spacial score (nSPS) is 11.0. The van der Waals surface area contributed by atoms with Crippen molar-refractivity contribution in [3.8, 4) is 11.6 Å². The minimum Gasteiger partial charge on any atom is -0.503 e. The zero-order valence-electron chi connectivity index (χ0n) is 11.0. The summed E-state index contributed by atoms with van der Waals surface area (Å²) in [5, 5.41) is 9.47. The smallest absolute Gasteiger partial charge is 0.339 e. The van der Waals surface area contributed by atoms with Crippen molar-refractivity contribution in [3.63, 3.8) is 0 Å². The molecule has 0 spiro atoms. The maximum atomic E-state index is 11.3. The second kappa shape index (κ2) is 6.71. The largest absolute Gasteiger partial charge is 0.503 e. The maximum absolute atomic E-state index is 11.3. The number of halogens is 1. The van der Waals surface area contributed by atoms with E-state index in [9.17, 15) is 9.90 Å². The first-order valence-electron chi connectivity index (χ1n) is 5.83. The number of hydrogen-bond donors (Lipinski definition) is 1. The third-order valence-corrected chi connectivity index (χ3v) is 2.67. The maximum Gasteiger partial charge on any atom is 0.339 e. The van der Waals surface area contributed by atoms with Crippen LogP contribution in [0.1, 0.15) is 5.56 Å². The Labute approximate surface area is 125 Å². The number of carboxylic acid groups (broad SMARTS) is 1. The number of benzene rings is 1. The lowest BCUT2D eigenvalue weighted by atomic mass is 10.1. The summed E-state index contributed by atoms with van der Waals surface area (Å²) < 4.78 is 10.4. The summed E-state index contributed by atoms with van der Waals surface area (Å²) in [6.07, 6.45) is 2.39. The highest BCUT2D eigenvalue weighted by molar-refractivity contribution is 6.29. The Morgan fingerprint density at radius 3 is 2.76 bits per heavy atom. The van der Waals surface area contributed by atoms with Gasteiger partial charge in [0.05, 0.1) is 13.4 Å². The lowest BCUT2D eigenvalue weighted by molar-refractivity contribution is -0.130. The molecule has 0 radical (unpaired) electrons. The van der Waals surface area contributed by atoms with Crippen LogP contribution in [0.25, 0.3) is 5.57 Å². The van der Waals surface area contributed by atoms with E-state index in [0.29, 0.717) is 11.3 Å². The van der Waals surface area contributed by atoms with Crippen LogP contribution in [0.3, 0.4) is 0 Å². The summed E-state index contributed by atoms with van der Waals surface area (Å²) in [6, 6.07) is 8.07. The molecule has 0 amide bonds. The monoisotopic (exact) mass is 306 g/mol. The van der Waals surface area contributed by atoms with Crippen molar-refractivity contribution in [1.82, 2.24) is 9.97 Å². The van der Waals surface area contributed by atoms with Gasteiger partial charge >= 0.3 is 5.97 Å². The highest BCUT2D eigenvalue weighted by Gasteiger charge is 2.16. The number of hydrogen-bond acceptors (Lipinski definition) is 5. The van der Waals surface area contributed by atoms with Gasteiger partial charge in [0, 0.05) is 11.6 Å². The predicted octanol–water partition coefficient (Wildman–Crippen LogP) is 2.99. The van der Waals surface area contributed by atoms with Crippen LogP contribution in [-0.4, -0.2) is 28.2 Å². The zero-order chi connectivity index (χ0) is 15.2. The molecule has 1 aromatic heterocycles. The summed E-state index contributed by atoms with van der Waals surface area (Å²) in [5.74, 6) is -0.601. The van der Waals surface area contributed by atoms with Crippen molar-refractivity contribution in [2.75, 3.05) is 7.11 Å². The highest BCUT2D eigenvalue weighted by Crippen LogP contribution is 2.30. The fourth-order valence-corrected chi connectivity index (χ4v) is 1.75. The van der Waals surface area contributed by atoms with Gasteiger partial charge in [0.2, 0.25) is 5.88 Å². The molecule has 0 saturated heterocycles. The van der Waals surface area contributed by atoms with E-state index >= 15 is 0 Å². The molecule has 6 nitrogen and oxygen atoms in total. The molecule has 1 N–H and O–H groups in total. The molecule has 2 rings (SSSR count). The number of carbonyl (C=O) groups is 1. The SMILES string of the molecule is CO/C=C(/C(=O)O)c1ccccc1Oc1cc(Cl)ncn1. The molecule has 7 heteroatoms. The summed E-state index contributed by atoms with van der Waals surface area (Å²) in [7, 11) is 1.37. The van der Waals surface area contributed by atoms with Crippen molar-refractivity contribution in [3.05, 3.63) is 53.6 Å².